The fourth-order valence-electron chi connectivity index (χ4n) is 2.61. The van der Waals surface area contributed by atoms with Crippen molar-refractivity contribution in [2.45, 2.75) is 6.42 Å². The molecule has 1 amide bonds. The number of nitrogens with one attached hydrogen (secondary N) is 1. The van der Waals surface area contributed by atoms with Gasteiger partial charge in [-0.25, -0.2) is 4.98 Å². The molecule has 1 aromatic carbocycles. The van der Waals surface area contributed by atoms with Crippen LogP contribution in [0, 0.1) is 17.4 Å². The maximum atomic E-state index is 12.4. The average molecular weight is 292 g/mol. The number of hydrogen-bond acceptors (Lipinski definition) is 4. The molecule has 0 bridgehead atoms. The van der Waals surface area contributed by atoms with Gasteiger partial charge in [-0.2, -0.15) is 10.2 Å². The quantitative estimate of drug-likeness (QED) is 0.695. The summed E-state index contributed by atoms with van der Waals surface area (Å²) >= 11 is 0. The fraction of sp³-hybridized carbons (Fsp3) is 0.235. The molecule has 0 unspecified atom stereocenters. The number of pyridine rings is 1. The van der Waals surface area contributed by atoms with Crippen molar-refractivity contribution in [2.24, 2.45) is 5.92 Å². The second kappa shape index (κ2) is 6.37. The number of amides is 1. The van der Waals surface area contributed by atoms with Crippen molar-refractivity contribution in [3.8, 4) is 17.3 Å². The zero-order valence-electron chi connectivity index (χ0n) is 12.1. The molecule has 1 fully saturated rings. The molecule has 1 aromatic heterocycles. The zero-order chi connectivity index (χ0) is 15.4. The highest BCUT2D eigenvalue weighted by molar-refractivity contribution is 5.97. The van der Waals surface area contributed by atoms with Crippen molar-refractivity contribution in [2.75, 3.05) is 18.0 Å². The minimum Gasteiger partial charge on any atom is -0.316 e. The standard InChI is InChI=1S/C17H16N4O/c18-12-21(17(22)15-6-8-19-11-15)16-10-14(7-9-20-16)13-4-2-1-3-5-13/h1-5,7,9-10,15,19H,6,8,11H2/t15-/m0/s1. The molecule has 1 aliphatic rings. The Morgan fingerprint density at radius 3 is 2.77 bits per heavy atom. The number of carbonyl (C=O) groups excluding carboxylic acids is 1. The van der Waals surface area contributed by atoms with E-state index in [-0.39, 0.29) is 11.8 Å². The van der Waals surface area contributed by atoms with E-state index in [1.807, 2.05) is 42.6 Å². The van der Waals surface area contributed by atoms with Gasteiger partial charge in [-0.15, -0.1) is 0 Å². The molecule has 3 rings (SSSR count). The van der Waals surface area contributed by atoms with Gasteiger partial charge in [-0.05, 0) is 36.2 Å². The zero-order valence-corrected chi connectivity index (χ0v) is 12.1. The summed E-state index contributed by atoms with van der Waals surface area (Å²) < 4.78 is 0. The number of carbonyl (C=O) groups is 1. The van der Waals surface area contributed by atoms with Crippen LogP contribution in [0.4, 0.5) is 5.82 Å². The lowest BCUT2D eigenvalue weighted by Gasteiger charge is -2.17. The lowest BCUT2D eigenvalue weighted by atomic mass is 10.1. The molecule has 0 aliphatic carbocycles. The first-order valence-corrected chi connectivity index (χ1v) is 7.25. The van der Waals surface area contributed by atoms with Crippen LogP contribution in [-0.2, 0) is 4.79 Å². The van der Waals surface area contributed by atoms with E-state index >= 15 is 0 Å². The molecule has 5 heteroatoms. The maximum Gasteiger partial charge on any atom is 0.246 e. The lowest BCUT2D eigenvalue weighted by molar-refractivity contribution is -0.121. The van der Waals surface area contributed by atoms with E-state index in [1.54, 1.807) is 12.3 Å². The highest BCUT2D eigenvalue weighted by atomic mass is 16.2. The summed E-state index contributed by atoms with van der Waals surface area (Å²) in [5.41, 5.74) is 1.96. The van der Waals surface area contributed by atoms with Crippen LogP contribution in [0.3, 0.4) is 0 Å². The Labute approximate surface area is 129 Å². The third-order valence-electron chi connectivity index (χ3n) is 3.81. The van der Waals surface area contributed by atoms with Crippen LogP contribution < -0.4 is 10.2 Å². The van der Waals surface area contributed by atoms with Crippen LogP contribution in [-0.4, -0.2) is 24.0 Å². The summed E-state index contributed by atoms with van der Waals surface area (Å²) in [5.74, 6) is 0.0350. The van der Waals surface area contributed by atoms with Crippen LogP contribution in [0.5, 0.6) is 0 Å². The van der Waals surface area contributed by atoms with Gasteiger partial charge in [0, 0.05) is 12.7 Å². The highest BCUT2D eigenvalue weighted by Crippen LogP contribution is 2.24. The van der Waals surface area contributed by atoms with Crippen molar-refractivity contribution in [3.05, 3.63) is 48.7 Å². The topological polar surface area (TPSA) is 69.0 Å². The van der Waals surface area contributed by atoms with Gasteiger partial charge in [0.05, 0.1) is 5.92 Å². The summed E-state index contributed by atoms with van der Waals surface area (Å²) in [5, 5.41) is 12.5. The van der Waals surface area contributed by atoms with Gasteiger partial charge in [-0.1, -0.05) is 30.3 Å². The molecule has 1 atom stereocenters. The first kappa shape index (κ1) is 14.2. The van der Waals surface area contributed by atoms with E-state index in [4.69, 9.17) is 0 Å². The van der Waals surface area contributed by atoms with Gasteiger partial charge in [0.25, 0.3) is 0 Å². The molecule has 0 radical (unpaired) electrons. The second-order valence-corrected chi connectivity index (χ2v) is 5.23. The van der Waals surface area contributed by atoms with Crippen LogP contribution in [0.2, 0.25) is 0 Å². The molecule has 5 nitrogen and oxygen atoms in total. The molecular formula is C17H16N4O. The molecule has 0 spiro atoms. The van der Waals surface area contributed by atoms with E-state index in [2.05, 4.69) is 10.3 Å². The molecule has 1 N–H and O–H groups in total. The normalized spacial score (nSPS) is 17.0. The largest absolute Gasteiger partial charge is 0.316 e. The number of rotatable bonds is 3. The molecule has 2 aromatic rings. The van der Waals surface area contributed by atoms with Crippen LogP contribution >= 0.6 is 0 Å². The molecule has 22 heavy (non-hydrogen) atoms. The SMILES string of the molecule is N#CN(C(=O)[C@H]1CCNC1)c1cc(-c2ccccc2)ccn1. The number of aromatic nitrogens is 1. The van der Waals surface area contributed by atoms with Crippen molar-refractivity contribution in [3.63, 3.8) is 0 Å². The van der Waals surface area contributed by atoms with E-state index in [1.165, 1.54) is 0 Å². The summed E-state index contributed by atoms with van der Waals surface area (Å²) in [6.07, 6.45) is 4.35. The molecular weight excluding hydrogens is 276 g/mol. The Morgan fingerprint density at radius 1 is 1.27 bits per heavy atom. The van der Waals surface area contributed by atoms with Gasteiger partial charge >= 0.3 is 0 Å². The molecule has 1 aliphatic heterocycles. The lowest BCUT2D eigenvalue weighted by Crippen LogP contribution is -2.34. The third-order valence-corrected chi connectivity index (χ3v) is 3.81. The van der Waals surface area contributed by atoms with Crippen molar-refractivity contribution >= 4 is 11.7 Å². The number of anilines is 1. The first-order valence-electron chi connectivity index (χ1n) is 7.25. The number of hydrogen-bond donors (Lipinski definition) is 1. The molecule has 110 valence electrons. The van der Waals surface area contributed by atoms with Gasteiger partial charge < -0.3 is 5.32 Å². The van der Waals surface area contributed by atoms with Crippen LogP contribution in [0.1, 0.15) is 6.42 Å². The number of benzene rings is 1. The van der Waals surface area contributed by atoms with Crippen molar-refractivity contribution < 1.29 is 4.79 Å². The van der Waals surface area contributed by atoms with Crippen molar-refractivity contribution in [1.82, 2.24) is 10.3 Å². The summed E-state index contributed by atoms with van der Waals surface area (Å²) in [6, 6.07) is 13.5. The highest BCUT2D eigenvalue weighted by Gasteiger charge is 2.29. The Morgan fingerprint density at radius 2 is 2.09 bits per heavy atom. The van der Waals surface area contributed by atoms with Gasteiger partial charge in [0.2, 0.25) is 5.91 Å². The maximum absolute atomic E-state index is 12.4. The van der Waals surface area contributed by atoms with Gasteiger partial charge in [-0.3, -0.25) is 4.79 Å². The minimum atomic E-state index is -0.190. The average Bonchev–Trinajstić information content (AvgIpc) is 3.11. The summed E-state index contributed by atoms with van der Waals surface area (Å²) in [4.78, 5) is 17.7. The Balaban J connectivity index is 1.90. The third kappa shape index (κ3) is 2.83. The monoisotopic (exact) mass is 292 g/mol. The number of nitrogens with zero attached hydrogens (tertiary/aromatic N) is 3. The van der Waals surface area contributed by atoms with Gasteiger partial charge in [0.15, 0.2) is 6.19 Å². The minimum absolute atomic E-state index is 0.151. The Hall–Kier alpha value is -2.71. The van der Waals surface area contributed by atoms with E-state index in [0.29, 0.717) is 12.4 Å². The van der Waals surface area contributed by atoms with E-state index in [9.17, 15) is 10.1 Å². The summed E-state index contributed by atoms with van der Waals surface area (Å²) in [7, 11) is 0. The molecule has 0 saturated carbocycles. The predicted molar refractivity (Wildman–Crippen MR) is 83.7 cm³/mol. The first-order chi connectivity index (χ1) is 10.8. The Bertz CT molecular complexity index is 702. The molecule has 1 saturated heterocycles. The Kier molecular flexibility index (Phi) is 4.12. The van der Waals surface area contributed by atoms with Gasteiger partial charge in [0.1, 0.15) is 5.82 Å². The smallest absolute Gasteiger partial charge is 0.246 e. The summed E-state index contributed by atoms with van der Waals surface area (Å²) in [6.45, 7) is 1.43. The molecule has 2 heterocycles. The van der Waals surface area contributed by atoms with Crippen LogP contribution in [0.15, 0.2) is 48.7 Å². The van der Waals surface area contributed by atoms with Crippen molar-refractivity contribution in [1.29, 1.82) is 5.26 Å². The second-order valence-electron chi connectivity index (χ2n) is 5.23. The predicted octanol–water partition coefficient (Wildman–Crippen LogP) is 2.17. The fourth-order valence-corrected chi connectivity index (χ4v) is 2.61. The van der Waals surface area contributed by atoms with E-state index < -0.39 is 0 Å². The van der Waals surface area contributed by atoms with E-state index in [0.717, 1.165) is 29.0 Å². The van der Waals surface area contributed by atoms with Crippen LogP contribution in [0.25, 0.3) is 11.1 Å². The number of nitriles is 1.